The Balaban J connectivity index is 3.74. The molecule has 0 aliphatic carbocycles. The third-order valence-corrected chi connectivity index (χ3v) is 1.72. The molecule has 1 aromatic rings. The third kappa shape index (κ3) is 1.58. The Morgan fingerprint density at radius 3 is 1.73 bits per heavy atom. The number of hydrogen-bond acceptors (Lipinski definition) is 1. The highest BCUT2D eigenvalue weighted by Gasteiger charge is 2.27. The monoisotopic (exact) mass is 220 g/mol. The van der Waals surface area contributed by atoms with Crippen LogP contribution in [0, 0.1) is 23.3 Å². The maximum absolute atomic E-state index is 12.9. The van der Waals surface area contributed by atoms with Crippen molar-refractivity contribution in [2.24, 2.45) is 0 Å². The van der Waals surface area contributed by atoms with Crippen molar-refractivity contribution in [2.45, 2.75) is 0 Å². The lowest BCUT2D eigenvalue weighted by Gasteiger charge is -2.05. The summed E-state index contributed by atoms with van der Waals surface area (Å²) < 4.78 is 51.8. The summed E-state index contributed by atoms with van der Waals surface area (Å²) in [4.78, 5) is 10.3. The molecule has 1 N–H and O–H groups in total. The van der Waals surface area contributed by atoms with Crippen LogP contribution in [0.4, 0.5) is 17.6 Å². The minimum absolute atomic E-state index is 0.558. The van der Waals surface area contributed by atoms with E-state index in [0.29, 0.717) is 6.08 Å². The zero-order valence-corrected chi connectivity index (χ0v) is 7.15. The van der Waals surface area contributed by atoms with Crippen molar-refractivity contribution < 1.29 is 27.5 Å². The number of halogens is 4. The van der Waals surface area contributed by atoms with Gasteiger partial charge in [0.15, 0.2) is 23.3 Å². The highest BCUT2D eigenvalue weighted by Crippen LogP contribution is 2.24. The van der Waals surface area contributed by atoms with Crippen molar-refractivity contribution in [1.82, 2.24) is 0 Å². The lowest BCUT2D eigenvalue weighted by molar-refractivity contribution is 0.0683. The molecule has 0 saturated carbocycles. The van der Waals surface area contributed by atoms with Crippen LogP contribution in [0.1, 0.15) is 15.9 Å². The van der Waals surface area contributed by atoms with Gasteiger partial charge in [0, 0.05) is 0 Å². The minimum Gasteiger partial charge on any atom is -0.477 e. The van der Waals surface area contributed by atoms with Gasteiger partial charge in [-0.05, 0) is 0 Å². The average Bonchev–Trinajstić information content (AvgIpc) is 2.16. The molecule has 6 heteroatoms. The van der Waals surface area contributed by atoms with Crippen LogP contribution in [0.5, 0.6) is 0 Å². The van der Waals surface area contributed by atoms with Gasteiger partial charge >= 0.3 is 5.97 Å². The number of carboxylic acids is 1. The van der Waals surface area contributed by atoms with Crippen LogP contribution in [-0.4, -0.2) is 11.1 Å². The molecule has 0 unspecified atom stereocenters. The van der Waals surface area contributed by atoms with Crippen molar-refractivity contribution in [1.29, 1.82) is 0 Å². The van der Waals surface area contributed by atoms with Gasteiger partial charge in [-0.2, -0.15) is 0 Å². The van der Waals surface area contributed by atoms with Gasteiger partial charge in [0.1, 0.15) is 5.56 Å². The Bertz CT molecular complexity index is 425. The third-order valence-electron chi connectivity index (χ3n) is 1.72. The lowest BCUT2D eigenvalue weighted by Crippen LogP contribution is -2.11. The average molecular weight is 220 g/mol. The molecule has 0 fully saturated rings. The van der Waals surface area contributed by atoms with Crippen LogP contribution in [0.25, 0.3) is 6.08 Å². The van der Waals surface area contributed by atoms with Gasteiger partial charge in [0.05, 0.1) is 5.56 Å². The molecule has 0 aliphatic rings. The highest BCUT2D eigenvalue weighted by atomic mass is 19.2. The van der Waals surface area contributed by atoms with Gasteiger partial charge in [-0.25, -0.2) is 22.4 Å². The second kappa shape index (κ2) is 3.72. The molecule has 0 bridgehead atoms. The molecule has 0 amide bonds. The van der Waals surface area contributed by atoms with E-state index in [4.69, 9.17) is 5.11 Å². The number of benzene rings is 1. The van der Waals surface area contributed by atoms with Crippen LogP contribution in [-0.2, 0) is 0 Å². The first kappa shape index (κ1) is 11.2. The molecule has 0 saturated heterocycles. The summed E-state index contributed by atoms with van der Waals surface area (Å²) in [5, 5.41) is 8.32. The molecule has 15 heavy (non-hydrogen) atoms. The highest BCUT2D eigenvalue weighted by molar-refractivity contribution is 5.88. The number of rotatable bonds is 2. The van der Waals surface area contributed by atoms with Gasteiger partial charge in [-0.3, -0.25) is 0 Å². The Morgan fingerprint density at radius 1 is 1.07 bits per heavy atom. The first-order chi connectivity index (χ1) is 6.91. The maximum Gasteiger partial charge on any atom is 0.341 e. The lowest BCUT2D eigenvalue weighted by atomic mass is 10.1. The van der Waals surface area contributed by atoms with Crippen LogP contribution in [0.3, 0.4) is 0 Å². The van der Waals surface area contributed by atoms with Crippen molar-refractivity contribution in [3.8, 4) is 0 Å². The number of carboxylic acid groups (broad SMARTS) is 1. The normalized spacial score (nSPS) is 10.1. The largest absolute Gasteiger partial charge is 0.477 e. The first-order valence-electron chi connectivity index (χ1n) is 3.63. The van der Waals surface area contributed by atoms with Crippen molar-refractivity contribution in [3.05, 3.63) is 41.0 Å². The van der Waals surface area contributed by atoms with Gasteiger partial charge in [-0.15, -0.1) is 0 Å². The zero-order valence-electron chi connectivity index (χ0n) is 7.15. The van der Waals surface area contributed by atoms with E-state index in [1.54, 1.807) is 0 Å². The Hall–Kier alpha value is -1.85. The molecule has 1 rings (SSSR count). The summed E-state index contributed by atoms with van der Waals surface area (Å²) in [6.07, 6.45) is 0.558. The molecular formula is C9H4F4O2. The zero-order chi connectivity index (χ0) is 11.7. The second-order valence-electron chi connectivity index (χ2n) is 2.55. The topological polar surface area (TPSA) is 37.3 Å². The fraction of sp³-hybridized carbons (Fsp3) is 0. The Labute approximate surface area is 81.5 Å². The Morgan fingerprint density at radius 2 is 1.47 bits per heavy atom. The SMILES string of the molecule is C=Cc1c(F)c(F)c(C(=O)O)c(F)c1F. The fourth-order valence-corrected chi connectivity index (χ4v) is 1.02. The molecule has 0 atom stereocenters. The van der Waals surface area contributed by atoms with E-state index in [1.165, 1.54) is 0 Å². The van der Waals surface area contributed by atoms with E-state index in [2.05, 4.69) is 6.58 Å². The smallest absolute Gasteiger partial charge is 0.341 e. The molecule has 0 aliphatic heterocycles. The quantitative estimate of drug-likeness (QED) is 0.614. The van der Waals surface area contributed by atoms with E-state index < -0.39 is 40.4 Å². The van der Waals surface area contributed by atoms with Crippen molar-refractivity contribution in [3.63, 3.8) is 0 Å². The minimum atomic E-state index is -2.08. The van der Waals surface area contributed by atoms with E-state index in [-0.39, 0.29) is 0 Å². The maximum atomic E-state index is 12.9. The molecule has 0 spiro atoms. The van der Waals surface area contributed by atoms with E-state index in [0.717, 1.165) is 0 Å². The summed E-state index contributed by atoms with van der Waals surface area (Å²) >= 11 is 0. The molecule has 80 valence electrons. The number of hydrogen-bond donors (Lipinski definition) is 1. The van der Waals surface area contributed by atoms with Crippen molar-refractivity contribution in [2.75, 3.05) is 0 Å². The predicted molar refractivity (Wildman–Crippen MR) is 43.3 cm³/mol. The second-order valence-corrected chi connectivity index (χ2v) is 2.55. The van der Waals surface area contributed by atoms with Crippen molar-refractivity contribution >= 4 is 12.0 Å². The summed E-state index contributed by atoms with van der Waals surface area (Å²) in [6.45, 7) is 2.95. The van der Waals surface area contributed by atoms with Gasteiger partial charge in [0.2, 0.25) is 0 Å². The Kier molecular flexibility index (Phi) is 2.78. The summed E-state index contributed by atoms with van der Waals surface area (Å²) in [6, 6.07) is 0. The summed E-state index contributed by atoms with van der Waals surface area (Å²) in [5.41, 5.74) is -2.69. The van der Waals surface area contributed by atoms with Crippen LogP contribution >= 0.6 is 0 Å². The molecule has 0 aromatic heterocycles. The number of carbonyl (C=O) groups is 1. The summed E-state index contributed by atoms with van der Waals surface area (Å²) in [5.74, 6) is -9.53. The van der Waals surface area contributed by atoms with Gasteiger partial charge in [-0.1, -0.05) is 12.7 Å². The molecule has 0 radical (unpaired) electrons. The van der Waals surface area contributed by atoms with Crippen LogP contribution in [0.15, 0.2) is 6.58 Å². The number of aromatic carboxylic acids is 1. The van der Waals surface area contributed by atoms with Crippen LogP contribution < -0.4 is 0 Å². The van der Waals surface area contributed by atoms with E-state index in [1.807, 2.05) is 0 Å². The predicted octanol–water partition coefficient (Wildman–Crippen LogP) is 2.58. The summed E-state index contributed by atoms with van der Waals surface area (Å²) in [7, 11) is 0. The standard InChI is InChI=1S/C9H4F4O2/c1-2-3-5(10)7(12)4(9(14)15)8(13)6(3)11/h2H,1H2,(H,14,15). The van der Waals surface area contributed by atoms with Crippen LogP contribution in [0.2, 0.25) is 0 Å². The van der Waals surface area contributed by atoms with E-state index >= 15 is 0 Å². The molecule has 0 heterocycles. The molecular weight excluding hydrogens is 216 g/mol. The molecule has 1 aromatic carbocycles. The van der Waals surface area contributed by atoms with Gasteiger partial charge < -0.3 is 5.11 Å². The molecule has 2 nitrogen and oxygen atoms in total. The van der Waals surface area contributed by atoms with Gasteiger partial charge in [0.25, 0.3) is 0 Å². The van der Waals surface area contributed by atoms with E-state index in [9.17, 15) is 22.4 Å². The first-order valence-corrected chi connectivity index (χ1v) is 3.63. The fourth-order valence-electron chi connectivity index (χ4n) is 1.02.